The monoisotopic (exact) mass is 470 g/mol. The molecule has 2 aliphatic heterocycles. The van der Waals surface area contributed by atoms with Crippen molar-refractivity contribution < 1.29 is 8.83 Å². The number of nitrogens with one attached hydrogen (secondary N) is 2. The second-order valence-electron chi connectivity index (χ2n) is 11.1. The molecule has 6 rings (SSSR count). The van der Waals surface area contributed by atoms with Crippen molar-refractivity contribution in [1.82, 2.24) is 20.6 Å². The van der Waals surface area contributed by atoms with E-state index >= 15 is 0 Å². The Kier molecular flexibility index (Phi) is 4.95. The summed E-state index contributed by atoms with van der Waals surface area (Å²) in [4.78, 5) is 18.8. The van der Waals surface area contributed by atoms with Crippen molar-refractivity contribution in [3.05, 3.63) is 59.3 Å². The average molecular weight is 471 g/mol. The van der Waals surface area contributed by atoms with Crippen molar-refractivity contribution in [2.45, 2.75) is 34.1 Å². The minimum Gasteiger partial charge on any atom is -0.440 e. The van der Waals surface area contributed by atoms with Crippen LogP contribution in [-0.4, -0.2) is 47.8 Å². The molecule has 4 aromatic rings. The fraction of sp³-hybridized carbons (Fsp3) is 0.407. The number of fused-ring (bicyclic) bond motifs is 2. The summed E-state index contributed by atoms with van der Waals surface area (Å²) in [5.41, 5.74) is 5.46. The number of hydrogen-bond acceptors (Lipinski definition) is 8. The van der Waals surface area contributed by atoms with E-state index in [4.69, 9.17) is 18.8 Å². The quantitative estimate of drug-likeness (QED) is 0.461. The maximum absolute atomic E-state index is 5.98. The molecule has 8 nitrogen and oxygen atoms in total. The van der Waals surface area contributed by atoms with Gasteiger partial charge in [-0.25, -0.2) is 9.97 Å². The molecule has 8 heteroatoms. The molecule has 0 atom stereocenters. The topological polar surface area (TPSA) is 101 Å². The maximum Gasteiger partial charge on any atom is 0.204 e. The molecule has 0 aliphatic carbocycles. The highest BCUT2D eigenvalue weighted by Gasteiger charge is 2.24. The summed E-state index contributed by atoms with van der Waals surface area (Å²) in [7, 11) is 0. The van der Waals surface area contributed by atoms with Crippen molar-refractivity contribution in [3.8, 4) is 0 Å². The highest BCUT2D eigenvalue weighted by molar-refractivity contribution is 6.02. The molecule has 0 saturated carbocycles. The lowest BCUT2D eigenvalue weighted by Crippen LogP contribution is -2.41. The van der Waals surface area contributed by atoms with E-state index in [-0.39, 0.29) is 10.8 Å². The van der Waals surface area contributed by atoms with Gasteiger partial charge in [0.05, 0.1) is 0 Å². The van der Waals surface area contributed by atoms with Gasteiger partial charge in [-0.1, -0.05) is 27.7 Å². The molecule has 4 heterocycles. The molecule has 2 aliphatic rings. The SMILES string of the molecule is CC1(C)CN=C(c2ccc3oc(Cc4nc5cc(C6=NCC(C)(C)CN6)ccc5o4)nc3c2)NC1. The molecule has 0 bridgehead atoms. The Hall–Kier alpha value is -3.68. The number of aliphatic imine (C=N–C) groups is 2. The van der Waals surface area contributed by atoms with Crippen molar-refractivity contribution in [1.29, 1.82) is 0 Å². The molecule has 2 aromatic carbocycles. The molecule has 0 spiro atoms. The number of hydrogen-bond donors (Lipinski definition) is 2. The summed E-state index contributed by atoms with van der Waals surface area (Å²) >= 11 is 0. The first-order valence-electron chi connectivity index (χ1n) is 12.1. The molecule has 180 valence electrons. The highest BCUT2D eigenvalue weighted by Crippen LogP contribution is 2.25. The van der Waals surface area contributed by atoms with E-state index in [0.717, 1.165) is 71.2 Å². The normalized spacial score (nSPS) is 19.2. The summed E-state index contributed by atoms with van der Waals surface area (Å²) in [5, 5.41) is 6.88. The summed E-state index contributed by atoms with van der Waals surface area (Å²) in [6.45, 7) is 12.2. The zero-order valence-electron chi connectivity index (χ0n) is 20.6. The number of benzene rings is 2. The fourth-order valence-electron chi connectivity index (χ4n) is 4.37. The van der Waals surface area contributed by atoms with E-state index in [1.54, 1.807) is 0 Å². The second kappa shape index (κ2) is 7.93. The third kappa shape index (κ3) is 4.40. The van der Waals surface area contributed by atoms with Crippen LogP contribution >= 0.6 is 0 Å². The lowest BCUT2D eigenvalue weighted by atomic mass is 9.92. The Labute approximate surface area is 204 Å². The van der Waals surface area contributed by atoms with Gasteiger partial charge in [0.15, 0.2) is 11.2 Å². The summed E-state index contributed by atoms with van der Waals surface area (Å²) in [6.07, 6.45) is 0.384. The van der Waals surface area contributed by atoms with Crippen LogP contribution in [0, 0.1) is 10.8 Å². The van der Waals surface area contributed by atoms with Crippen molar-refractivity contribution in [3.63, 3.8) is 0 Å². The van der Waals surface area contributed by atoms with Gasteiger partial charge in [0.1, 0.15) is 29.1 Å². The standard InChI is InChI=1S/C27H30N6O2/c1-26(2)12-28-24(29-13-26)16-5-7-20-18(9-16)32-22(34-20)11-23-33-19-10-17(6-8-21(19)35-23)25-30-14-27(3,4)15-31-25/h5-10H,11-15H2,1-4H3,(H,28,29)(H,30,31). The van der Waals surface area contributed by atoms with Gasteiger partial charge < -0.3 is 19.5 Å². The fourth-order valence-corrected chi connectivity index (χ4v) is 4.37. The van der Waals surface area contributed by atoms with Crippen molar-refractivity contribution in [2.24, 2.45) is 20.8 Å². The Balaban J connectivity index is 1.22. The van der Waals surface area contributed by atoms with Gasteiger partial charge in [-0.3, -0.25) is 9.98 Å². The Morgan fingerprint density at radius 3 is 1.57 bits per heavy atom. The van der Waals surface area contributed by atoms with Crippen LogP contribution in [0.3, 0.4) is 0 Å². The van der Waals surface area contributed by atoms with E-state index in [2.05, 4.69) is 48.3 Å². The van der Waals surface area contributed by atoms with Gasteiger partial charge in [0.25, 0.3) is 0 Å². The predicted octanol–water partition coefficient (Wildman–Crippen LogP) is 4.31. The Bertz CT molecular complexity index is 1380. The van der Waals surface area contributed by atoms with Gasteiger partial charge in [-0.05, 0) is 36.4 Å². The first-order chi connectivity index (χ1) is 16.7. The minimum absolute atomic E-state index is 0.173. The van der Waals surface area contributed by atoms with Gasteiger partial charge in [0.2, 0.25) is 11.8 Å². The number of nitrogens with zero attached hydrogens (tertiary/aromatic N) is 4. The third-order valence-electron chi connectivity index (χ3n) is 6.51. The van der Waals surface area contributed by atoms with E-state index in [1.165, 1.54) is 0 Å². The smallest absolute Gasteiger partial charge is 0.204 e. The molecular weight excluding hydrogens is 440 g/mol. The number of rotatable bonds is 4. The van der Waals surface area contributed by atoms with Crippen LogP contribution < -0.4 is 10.6 Å². The zero-order valence-corrected chi connectivity index (χ0v) is 20.6. The van der Waals surface area contributed by atoms with Crippen LogP contribution in [0.4, 0.5) is 0 Å². The lowest BCUT2D eigenvalue weighted by molar-refractivity contribution is 0.362. The minimum atomic E-state index is 0.173. The molecule has 0 unspecified atom stereocenters. The van der Waals surface area contributed by atoms with Crippen molar-refractivity contribution >= 4 is 33.9 Å². The van der Waals surface area contributed by atoms with Crippen LogP contribution in [0.15, 0.2) is 55.2 Å². The van der Waals surface area contributed by atoms with Gasteiger partial charge in [0, 0.05) is 48.1 Å². The maximum atomic E-state index is 5.98. The van der Waals surface area contributed by atoms with E-state index in [0.29, 0.717) is 18.2 Å². The molecule has 0 radical (unpaired) electrons. The van der Waals surface area contributed by atoms with Crippen LogP contribution in [0.2, 0.25) is 0 Å². The largest absolute Gasteiger partial charge is 0.440 e. The molecular formula is C27H30N6O2. The lowest BCUT2D eigenvalue weighted by Gasteiger charge is -2.29. The molecule has 2 N–H and O–H groups in total. The number of aromatic nitrogens is 2. The van der Waals surface area contributed by atoms with Crippen LogP contribution in [0.1, 0.15) is 50.6 Å². The Morgan fingerprint density at radius 2 is 1.17 bits per heavy atom. The third-order valence-corrected chi connectivity index (χ3v) is 6.51. The molecule has 0 fully saturated rings. The van der Waals surface area contributed by atoms with Crippen LogP contribution in [0.5, 0.6) is 0 Å². The van der Waals surface area contributed by atoms with E-state index in [1.807, 2.05) is 36.4 Å². The zero-order chi connectivity index (χ0) is 24.2. The number of oxazole rings is 2. The average Bonchev–Trinajstić information content (AvgIpc) is 3.40. The number of amidine groups is 2. The first-order valence-corrected chi connectivity index (χ1v) is 12.1. The van der Waals surface area contributed by atoms with Crippen molar-refractivity contribution in [2.75, 3.05) is 26.2 Å². The van der Waals surface area contributed by atoms with Gasteiger partial charge in [-0.2, -0.15) is 0 Å². The van der Waals surface area contributed by atoms with Gasteiger partial charge >= 0.3 is 0 Å². The summed E-state index contributed by atoms with van der Waals surface area (Å²) in [5.74, 6) is 2.96. The molecule has 35 heavy (non-hydrogen) atoms. The van der Waals surface area contributed by atoms with Crippen LogP contribution in [-0.2, 0) is 6.42 Å². The van der Waals surface area contributed by atoms with Gasteiger partial charge in [-0.15, -0.1) is 0 Å². The molecule has 0 saturated heterocycles. The second-order valence-corrected chi connectivity index (χ2v) is 11.1. The predicted molar refractivity (Wildman–Crippen MR) is 137 cm³/mol. The molecule has 0 amide bonds. The summed E-state index contributed by atoms with van der Waals surface area (Å²) in [6, 6.07) is 12.0. The highest BCUT2D eigenvalue weighted by atomic mass is 16.4. The Morgan fingerprint density at radius 1 is 0.714 bits per heavy atom. The molecule has 2 aromatic heterocycles. The van der Waals surface area contributed by atoms with E-state index < -0.39 is 0 Å². The first kappa shape index (κ1) is 21.8. The van der Waals surface area contributed by atoms with Crippen LogP contribution in [0.25, 0.3) is 22.2 Å². The summed E-state index contributed by atoms with van der Waals surface area (Å²) < 4.78 is 12.0. The van der Waals surface area contributed by atoms with E-state index in [9.17, 15) is 0 Å².